The lowest BCUT2D eigenvalue weighted by Gasteiger charge is -2.02. The molecule has 1 heterocycles. The summed E-state index contributed by atoms with van der Waals surface area (Å²) in [5.41, 5.74) is 7.67. The first kappa shape index (κ1) is 11.7. The number of nitrogens with two attached hydrogens (primary N) is 2. The van der Waals surface area contributed by atoms with Crippen LogP contribution in [0.25, 0.3) is 0 Å². The van der Waals surface area contributed by atoms with Crippen molar-refractivity contribution in [1.82, 2.24) is 15.4 Å². The average molecular weight is 227 g/mol. The molecule has 0 fully saturated rings. The maximum atomic E-state index is 10.8. The molecule has 0 saturated carbocycles. The molecule has 15 heavy (non-hydrogen) atoms. The van der Waals surface area contributed by atoms with Crippen LogP contribution in [0.15, 0.2) is 17.4 Å². The van der Waals surface area contributed by atoms with Gasteiger partial charge in [-0.25, -0.2) is 15.8 Å². The Balaban J connectivity index is 2.26. The summed E-state index contributed by atoms with van der Waals surface area (Å²) in [6.45, 7) is 0. The van der Waals surface area contributed by atoms with Crippen molar-refractivity contribution in [3.8, 4) is 0 Å². The Hall–Kier alpha value is -1.34. The van der Waals surface area contributed by atoms with E-state index in [1.807, 2.05) is 0 Å². The molecule has 0 aliphatic rings. The molecule has 6 nitrogen and oxygen atoms in total. The van der Waals surface area contributed by atoms with E-state index in [1.54, 1.807) is 12.4 Å². The van der Waals surface area contributed by atoms with Crippen LogP contribution >= 0.6 is 11.8 Å². The van der Waals surface area contributed by atoms with E-state index in [9.17, 15) is 4.79 Å². The van der Waals surface area contributed by atoms with Gasteiger partial charge < -0.3 is 5.73 Å². The number of carbonyl (C=O) groups excluding carboxylic acids is 1. The lowest BCUT2D eigenvalue weighted by atomic mass is 10.3. The summed E-state index contributed by atoms with van der Waals surface area (Å²) in [4.78, 5) is 18.8. The zero-order valence-electron chi connectivity index (χ0n) is 8.14. The van der Waals surface area contributed by atoms with Gasteiger partial charge >= 0.3 is 0 Å². The number of anilines is 1. The first-order valence-electron chi connectivity index (χ1n) is 4.42. The number of hydrogen-bond acceptors (Lipinski definition) is 6. The summed E-state index contributed by atoms with van der Waals surface area (Å²) < 4.78 is 0. The fraction of sp³-hybridized carbons (Fsp3) is 0.375. The lowest BCUT2D eigenvalue weighted by Crippen LogP contribution is -2.29. The number of nitrogens with zero attached hydrogens (tertiary/aromatic N) is 2. The van der Waals surface area contributed by atoms with E-state index in [2.05, 4.69) is 15.4 Å². The third-order valence-corrected chi connectivity index (χ3v) is 2.72. The number of nitrogen functional groups attached to an aromatic ring is 1. The van der Waals surface area contributed by atoms with Crippen LogP contribution in [0.1, 0.15) is 12.8 Å². The number of aromatic nitrogens is 2. The minimum atomic E-state index is -0.164. The van der Waals surface area contributed by atoms with Crippen molar-refractivity contribution in [3.05, 3.63) is 12.4 Å². The van der Waals surface area contributed by atoms with Gasteiger partial charge in [-0.05, 0) is 6.42 Å². The molecule has 5 N–H and O–H groups in total. The van der Waals surface area contributed by atoms with Crippen molar-refractivity contribution in [2.45, 2.75) is 17.9 Å². The largest absolute Gasteiger partial charge is 0.381 e. The van der Waals surface area contributed by atoms with Crippen LogP contribution in [0.2, 0.25) is 0 Å². The van der Waals surface area contributed by atoms with Crippen LogP contribution in [0, 0.1) is 0 Å². The molecule has 0 aliphatic heterocycles. The molecule has 82 valence electrons. The molecule has 0 radical (unpaired) electrons. The highest BCUT2D eigenvalue weighted by Gasteiger charge is 2.02. The summed E-state index contributed by atoms with van der Waals surface area (Å²) in [5.74, 6) is 5.96. The molecule has 0 bridgehead atoms. The first-order valence-corrected chi connectivity index (χ1v) is 5.41. The highest BCUT2D eigenvalue weighted by molar-refractivity contribution is 7.99. The van der Waals surface area contributed by atoms with Crippen LogP contribution < -0.4 is 17.0 Å². The maximum absolute atomic E-state index is 10.8. The number of nitrogens with one attached hydrogen (secondary N) is 1. The molecular formula is C8H13N5OS. The molecule has 0 unspecified atom stereocenters. The van der Waals surface area contributed by atoms with Crippen molar-refractivity contribution in [2.75, 3.05) is 11.5 Å². The predicted molar refractivity (Wildman–Crippen MR) is 58.7 cm³/mol. The van der Waals surface area contributed by atoms with Crippen LogP contribution in [-0.2, 0) is 4.79 Å². The van der Waals surface area contributed by atoms with E-state index >= 15 is 0 Å². The summed E-state index contributed by atoms with van der Waals surface area (Å²) in [7, 11) is 0. The van der Waals surface area contributed by atoms with E-state index in [1.165, 1.54) is 11.8 Å². The number of amides is 1. The van der Waals surface area contributed by atoms with Crippen molar-refractivity contribution < 1.29 is 4.79 Å². The van der Waals surface area contributed by atoms with Gasteiger partial charge in [-0.2, -0.15) is 0 Å². The number of thioether (sulfide) groups is 1. The third-order valence-electron chi connectivity index (χ3n) is 1.64. The quantitative estimate of drug-likeness (QED) is 0.213. The van der Waals surface area contributed by atoms with Gasteiger partial charge in [0.25, 0.3) is 0 Å². The zero-order chi connectivity index (χ0) is 11.1. The Morgan fingerprint density at radius 2 is 2.20 bits per heavy atom. The molecule has 1 rings (SSSR count). The second-order valence-corrected chi connectivity index (χ2v) is 3.85. The second-order valence-electron chi connectivity index (χ2n) is 2.77. The lowest BCUT2D eigenvalue weighted by molar-refractivity contribution is -0.121. The van der Waals surface area contributed by atoms with Crippen molar-refractivity contribution in [1.29, 1.82) is 0 Å². The zero-order valence-corrected chi connectivity index (χ0v) is 8.96. The predicted octanol–water partition coefficient (Wildman–Crippen LogP) is -0.0790. The van der Waals surface area contributed by atoms with E-state index in [0.29, 0.717) is 17.3 Å². The fourth-order valence-electron chi connectivity index (χ4n) is 0.921. The number of rotatable bonds is 5. The number of hydrazine groups is 1. The Morgan fingerprint density at radius 1 is 1.47 bits per heavy atom. The van der Waals surface area contributed by atoms with Crippen LogP contribution in [0.5, 0.6) is 0 Å². The van der Waals surface area contributed by atoms with Gasteiger partial charge in [0.1, 0.15) is 5.03 Å². The minimum Gasteiger partial charge on any atom is -0.381 e. The fourth-order valence-corrected chi connectivity index (χ4v) is 1.74. The van der Waals surface area contributed by atoms with Crippen LogP contribution in [-0.4, -0.2) is 21.6 Å². The Bertz CT molecular complexity index is 333. The van der Waals surface area contributed by atoms with Gasteiger partial charge in [-0.3, -0.25) is 10.2 Å². The Kier molecular flexibility index (Phi) is 4.85. The van der Waals surface area contributed by atoms with Crippen LogP contribution in [0.4, 0.5) is 5.82 Å². The molecule has 1 aromatic rings. The average Bonchev–Trinajstić information content (AvgIpc) is 2.26. The van der Waals surface area contributed by atoms with E-state index in [-0.39, 0.29) is 5.91 Å². The van der Waals surface area contributed by atoms with Gasteiger partial charge in [0.05, 0.1) is 0 Å². The SMILES string of the molecule is NNC(=O)CCCSc1nccnc1N. The maximum Gasteiger partial charge on any atom is 0.233 e. The summed E-state index contributed by atoms with van der Waals surface area (Å²) >= 11 is 1.48. The van der Waals surface area contributed by atoms with Gasteiger partial charge in [-0.15, -0.1) is 11.8 Å². The third kappa shape index (κ3) is 4.13. The van der Waals surface area contributed by atoms with Crippen molar-refractivity contribution in [3.63, 3.8) is 0 Å². The topological polar surface area (TPSA) is 107 Å². The van der Waals surface area contributed by atoms with Gasteiger partial charge in [0, 0.05) is 24.6 Å². The molecule has 1 aromatic heterocycles. The van der Waals surface area contributed by atoms with E-state index < -0.39 is 0 Å². The van der Waals surface area contributed by atoms with E-state index in [0.717, 1.165) is 12.2 Å². The Labute approximate surface area is 91.8 Å². The van der Waals surface area contributed by atoms with E-state index in [4.69, 9.17) is 11.6 Å². The standard InChI is InChI=1S/C8H13N5OS/c9-7-8(12-4-3-11-7)15-5-1-2-6(14)13-10/h3-4H,1-2,5,10H2,(H2,9,11)(H,13,14). The molecule has 1 amide bonds. The van der Waals surface area contributed by atoms with Gasteiger partial charge in [0.2, 0.25) is 5.91 Å². The summed E-state index contributed by atoms with van der Waals surface area (Å²) in [5, 5.41) is 0.700. The van der Waals surface area contributed by atoms with Gasteiger partial charge in [0.15, 0.2) is 5.82 Å². The van der Waals surface area contributed by atoms with Crippen molar-refractivity contribution >= 4 is 23.5 Å². The highest BCUT2D eigenvalue weighted by Crippen LogP contribution is 2.20. The Morgan fingerprint density at radius 3 is 2.87 bits per heavy atom. The highest BCUT2D eigenvalue weighted by atomic mass is 32.2. The molecule has 7 heteroatoms. The van der Waals surface area contributed by atoms with Crippen LogP contribution in [0.3, 0.4) is 0 Å². The molecule has 0 aliphatic carbocycles. The monoisotopic (exact) mass is 227 g/mol. The second kappa shape index (κ2) is 6.20. The van der Waals surface area contributed by atoms with Gasteiger partial charge in [-0.1, -0.05) is 0 Å². The molecule has 0 aromatic carbocycles. The molecular weight excluding hydrogens is 214 g/mol. The number of hydrogen-bond donors (Lipinski definition) is 3. The minimum absolute atomic E-state index is 0.164. The normalized spacial score (nSPS) is 9.93. The molecule has 0 atom stereocenters. The molecule has 0 saturated heterocycles. The summed E-state index contributed by atoms with van der Waals surface area (Å²) in [6.07, 6.45) is 4.26. The van der Waals surface area contributed by atoms with Crippen molar-refractivity contribution in [2.24, 2.45) is 5.84 Å². The smallest absolute Gasteiger partial charge is 0.233 e. The first-order chi connectivity index (χ1) is 7.24. The summed E-state index contributed by atoms with van der Waals surface area (Å²) in [6, 6.07) is 0. The number of carbonyl (C=O) groups is 1. The molecule has 0 spiro atoms.